The number of benzene rings is 2. The van der Waals surface area contributed by atoms with Gasteiger partial charge in [0.2, 0.25) is 0 Å². The lowest BCUT2D eigenvalue weighted by Crippen LogP contribution is -2.05. The zero-order valence-corrected chi connectivity index (χ0v) is 15.3. The van der Waals surface area contributed by atoms with E-state index in [0.717, 1.165) is 24.3 Å². The fourth-order valence-corrected chi connectivity index (χ4v) is 3.61. The summed E-state index contributed by atoms with van der Waals surface area (Å²) >= 11 is 0. The molecule has 0 unspecified atom stereocenters. The first-order chi connectivity index (χ1) is 13.4. The molecule has 0 atom stereocenters. The minimum atomic E-state index is -4.58. The number of alkyl halides is 4. The molecule has 0 spiro atoms. The van der Waals surface area contributed by atoms with Gasteiger partial charge in [0.25, 0.3) is 0 Å². The molecule has 0 aliphatic carbocycles. The van der Waals surface area contributed by atoms with Gasteiger partial charge in [-0.1, -0.05) is 17.3 Å². The van der Waals surface area contributed by atoms with Gasteiger partial charge < -0.3 is 4.52 Å². The summed E-state index contributed by atoms with van der Waals surface area (Å²) in [7, 11) is -4.22. The summed E-state index contributed by atoms with van der Waals surface area (Å²) in [4.78, 5) is -1.16. The summed E-state index contributed by atoms with van der Waals surface area (Å²) in [5, 5.41) is 3.60. The van der Waals surface area contributed by atoms with Gasteiger partial charge in [0.15, 0.2) is 22.3 Å². The Labute approximate surface area is 160 Å². The average molecular weight is 435 g/mol. The lowest BCUT2D eigenvalue weighted by Gasteiger charge is -2.09. The zero-order valence-electron chi connectivity index (χ0n) is 14.5. The molecule has 11 heteroatoms. The predicted molar refractivity (Wildman–Crippen MR) is 90.2 cm³/mol. The van der Waals surface area contributed by atoms with E-state index in [1.54, 1.807) is 0 Å². The Morgan fingerprint density at radius 1 is 1.00 bits per heavy atom. The van der Waals surface area contributed by atoms with Gasteiger partial charge in [0, 0.05) is 11.8 Å². The molecule has 2 aromatic carbocycles. The Morgan fingerprint density at radius 3 is 2.00 bits per heavy atom. The number of hydrogen-bond donors (Lipinski definition) is 0. The van der Waals surface area contributed by atoms with E-state index >= 15 is 0 Å². The van der Waals surface area contributed by atoms with Gasteiger partial charge in [-0.3, -0.25) is 0 Å². The van der Waals surface area contributed by atoms with Gasteiger partial charge in [0.1, 0.15) is 22.2 Å². The number of hydrogen-bond acceptors (Lipinski definition) is 4. The molecule has 0 saturated heterocycles. The molecule has 0 saturated carbocycles. The molecule has 0 amide bonds. The molecule has 4 nitrogen and oxygen atoms in total. The molecule has 0 radical (unpaired) electrons. The largest absolute Gasteiger partial charge is 0.416 e. The van der Waals surface area contributed by atoms with E-state index in [2.05, 4.69) is 5.16 Å². The van der Waals surface area contributed by atoms with E-state index in [4.69, 9.17) is 4.52 Å². The third kappa shape index (κ3) is 4.00. The summed E-state index contributed by atoms with van der Waals surface area (Å²) in [5.74, 6) is -3.25. The molecule has 3 aromatic rings. The molecule has 0 aliphatic rings. The summed E-state index contributed by atoms with van der Waals surface area (Å²) in [5.41, 5.74) is -1.50. The second-order valence-corrected chi connectivity index (χ2v) is 8.03. The molecule has 0 bridgehead atoms. The van der Waals surface area contributed by atoms with Crippen molar-refractivity contribution in [2.45, 2.75) is 17.7 Å². The Morgan fingerprint density at radius 2 is 1.55 bits per heavy atom. The number of sulfone groups is 1. The maximum Gasteiger partial charge on any atom is 0.416 e. The van der Waals surface area contributed by atoms with E-state index in [1.165, 1.54) is 0 Å². The Kier molecular flexibility index (Phi) is 5.20. The van der Waals surface area contributed by atoms with Crippen molar-refractivity contribution in [2.75, 3.05) is 6.26 Å². The van der Waals surface area contributed by atoms with Gasteiger partial charge in [-0.2, -0.15) is 13.2 Å². The molecule has 1 heterocycles. The zero-order chi connectivity index (χ0) is 21.6. The van der Waals surface area contributed by atoms with Crippen LogP contribution in [0.1, 0.15) is 11.3 Å². The maximum atomic E-state index is 14.3. The van der Waals surface area contributed by atoms with Crippen LogP contribution < -0.4 is 0 Å². The van der Waals surface area contributed by atoms with Crippen LogP contribution in [0.15, 0.2) is 45.8 Å². The van der Waals surface area contributed by atoms with Crippen LogP contribution in [0, 0.1) is 11.6 Å². The highest BCUT2D eigenvalue weighted by Gasteiger charge is 2.31. The summed E-state index contributed by atoms with van der Waals surface area (Å²) < 4.78 is 108. The first-order valence-electron chi connectivity index (χ1n) is 7.85. The van der Waals surface area contributed by atoms with Crippen molar-refractivity contribution >= 4 is 9.84 Å². The topological polar surface area (TPSA) is 60.2 Å². The Balaban J connectivity index is 2.18. The van der Waals surface area contributed by atoms with Gasteiger partial charge in [-0.15, -0.1) is 0 Å². The van der Waals surface area contributed by atoms with Crippen molar-refractivity contribution < 1.29 is 39.3 Å². The van der Waals surface area contributed by atoms with Crippen LogP contribution in [0.4, 0.5) is 26.3 Å². The van der Waals surface area contributed by atoms with Crippen LogP contribution in [0.25, 0.3) is 22.4 Å². The fourth-order valence-electron chi connectivity index (χ4n) is 2.79. The predicted octanol–water partition coefficient (Wildman–Crippen LogP) is 5.18. The number of nitrogens with zero attached hydrogens (tertiary/aromatic N) is 1. The van der Waals surface area contributed by atoms with Crippen LogP contribution in [0.3, 0.4) is 0 Å². The van der Waals surface area contributed by atoms with Crippen molar-refractivity contribution in [1.29, 1.82) is 0 Å². The number of rotatable bonds is 4. The molecular weight excluding hydrogens is 424 g/mol. The van der Waals surface area contributed by atoms with Crippen LogP contribution in [0.2, 0.25) is 0 Å². The van der Waals surface area contributed by atoms with Crippen molar-refractivity contribution in [3.63, 3.8) is 0 Å². The summed E-state index contributed by atoms with van der Waals surface area (Å²) in [6.45, 7) is -1.22. The summed E-state index contributed by atoms with van der Waals surface area (Å²) in [6, 6.07) is 4.94. The molecular formula is C18H11F6NO3S. The quantitative estimate of drug-likeness (QED) is 0.530. The summed E-state index contributed by atoms with van der Waals surface area (Å²) in [6.07, 6.45) is -3.96. The lowest BCUT2D eigenvalue weighted by molar-refractivity contribution is -0.137. The molecule has 154 valence electrons. The van der Waals surface area contributed by atoms with Crippen LogP contribution in [-0.2, 0) is 22.7 Å². The molecule has 0 fully saturated rings. The first-order valence-corrected chi connectivity index (χ1v) is 9.74. The minimum absolute atomic E-state index is 0.0736. The monoisotopic (exact) mass is 435 g/mol. The molecule has 3 rings (SSSR count). The Hall–Kier alpha value is -2.82. The van der Waals surface area contributed by atoms with E-state index in [-0.39, 0.29) is 22.4 Å². The SMILES string of the molecule is CS(=O)(=O)c1c(F)cc(-c2c(-c3ccc(C(F)(F)F)cc3)noc2CF)cc1F. The molecule has 0 aliphatic heterocycles. The smallest absolute Gasteiger partial charge is 0.357 e. The standard InChI is InChI=1S/C18H11F6NO3S/c1-29(26,27)17-12(20)6-10(7-13(17)21)15-14(8-19)28-25-16(15)9-2-4-11(5-3-9)18(22,23)24/h2-7H,8H2,1H3. The van der Waals surface area contributed by atoms with Crippen LogP contribution in [-0.4, -0.2) is 19.8 Å². The van der Waals surface area contributed by atoms with Crippen molar-refractivity contribution in [3.05, 3.63) is 59.4 Å². The molecule has 0 N–H and O–H groups in total. The van der Waals surface area contributed by atoms with Crippen molar-refractivity contribution in [2.24, 2.45) is 0 Å². The van der Waals surface area contributed by atoms with Gasteiger partial charge in [-0.05, 0) is 29.8 Å². The lowest BCUT2D eigenvalue weighted by atomic mass is 9.98. The van der Waals surface area contributed by atoms with E-state index in [9.17, 15) is 34.8 Å². The number of aromatic nitrogens is 1. The third-order valence-electron chi connectivity index (χ3n) is 4.03. The third-order valence-corrected chi connectivity index (χ3v) is 5.16. The Bertz CT molecular complexity index is 1140. The van der Waals surface area contributed by atoms with E-state index in [1.807, 2.05) is 0 Å². The molecule has 1 aromatic heterocycles. The van der Waals surface area contributed by atoms with E-state index in [0.29, 0.717) is 18.4 Å². The number of halogens is 6. The second kappa shape index (κ2) is 7.21. The van der Waals surface area contributed by atoms with Crippen LogP contribution >= 0.6 is 0 Å². The van der Waals surface area contributed by atoms with Crippen molar-refractivity contribution in [3.8, 4) is 22.4 Å². The fraction of sp³-hybridized carbons (Fsp3) is 0.167. The first kappa shape index (κ1) is 20.9. The maximum absolute atomic E-state index is 14.3. The van der Waals surface area contributed by atoms with E-state index < -0.39 is 50.5 Å². The van der Waals surface area contributed by atoms with Gasteiger partial charge in [-0.25, -0.2) is 21.6 Å². The average Bonchev–Trinajstić information content (AvgIpc) is 3.03. The second-order valence-electron chi connectivity index (χ2n) is 6.08. The highest BCUT2D eigenvalue weighted by molar-refractivity contribution is 7.90. The normalized spacial score (nSPS) is 12.4. The van der Waals surface area contributed by atoms with Crippen LogP contribution in [0.5, 0.6) is 0 Å². The highest BCUT2D eigenvalue weighted by atomic mass is 32.2. The van der Waals surface area contributed by atoms with Gasteiger partial charge in [0.05, 0.1) is 11.1 Å². The highest BCUT2D eigenvalue weighted by Crippen LogP contribution is 2.38. The minimum Gasteiger partial charge on any atom is -0.357 e. The van der Waals surface area contributed by atoms with Crippen molar-refractivity contribution in [1.82, 2.24) is 5.16 Å². The molecule has 29 heavy (non-hydrogen) atoms. The van der Waals surface area contributed by atoms with Gasteiger partial charge >= 0.3 is 6.18 Å².